The lowest BCUT2D eigenvalue weighted by atomic mass is 9.94. The SMILES string of the molecule is CN(C)CC(=O)N1CCCC(c2nccnc2Oc2ccccc2)C1. The van der Waals surface area contributed by atoms with Crippen molar-refractivity contribution >= 4 is 5.91 Å². The van der Waals surface area contributed by atoms with Crippen LogP contribution in [-0.2, 0) is 4.79 Å². The van der Waals surface area contributed by atoms with Gasteiger partial charge in [-0.05, 0) is 39.1 Å². The number of amides is 1. The Morgan fingerprint density at radius 1 is 1.24 bits per heavy atom. The van der Waals surface area contributed by atoms with E-state index < -0.39 is 0 Å². The van der Waals surface area contributed by atoms with Crippen molar-refractivity contribution in [3.05, 3.63) is 48.4 Å². The number of aromatic nitrogens is 2. The normalized spacial score (nSPS) is 17.6. The van der Waals surface area contributed by atoms with Gasteiger partial charge in [0.1, 0.15) is 11.4 Å². The third-order valence-electron chi connectivity index (χ3n) is 4.26. The van der Waals surface area contributed by atoms with E-state index in [2.05, 4.69) is 9.97 Å². The van der Waals surface area contributed by atoms with Crippen molar-refractivity contribution in [2.75, 3.05) is 33.7 Å². The van der Waals surface area contributed by atoms with Crippen molar-refractivity contribution in [1.29, 1.82) is 0 Å². The van der Waals surface area contributed by atoms with E-state index in [0.29, 0.717) is 19.0 Å². The zero-order valence-corrected chi connectivity index (χ0v) is 14.8. The molecule has 0 N–H and O–H groups in total. The number of para-hydroxylation sites is 1. The number of nitrogens with zero attached hydrogens (tertiary/aromatic N) is 4. The second-order valence-electron chi connectivity index (χ2n) is 6.58. The molecule has 0 spiro atoms. The predicted octanol–water partition coefficient (Wildman–Crippen LogP) is 2.54. The Morgan fingerprint density at radius 2 is 2.00 bits per heavy atom. The lowest BCUT2D eigenvalue weighted by molar-refractivity contribution is -0.133. The van der Waals surface area contributed by atoms with E-state index in [-0.39, 0.29) is 11.8 Å². The van der Waals surface area contributed by atoms with E-state index >= 15 is 0 Å². The summed E-state index contributed by atoms with van der Waals surface area (Å²) in [5, 5.41) is 0. The van der Waals surface area contributed by atoms with Crippen LogP contribution in [0.25, 0.3) is 0 Å². The van der Waals surface area contributed by atoms with Gasteiger partial charge in [0.15, 0.2) is 0 Å². The smallest absolute Gasteiger partial charge is 0.241 e. The summed E-state index contributed by atoms with van der Waals surface area (Å²) in [6, 6.07) is 9.58. The number of benzene rings is 1. The Balaban J connectivity index is 1.76. The van der Waals surface area contributed by atoms with E-state index in [1.165, 1.54) is 0 Å². The molecule has 1 amide bonds. The summed E-state index contributed by atoms with van der Waals surface area (Å²) >= 11 is 0. The Kier molecular flexibility index (Phi) is 5.60. The molecule has 0 aliphatic carbocycles. The average Bonchev–Trinajstić information content (AvgIpc) is 2.63. The maximum atomic E-state index is 12.4. The lowest BCUT2D eigenvalue weighted by Crippen LogP contribution is -2.43. The van der Waals surface area contributed by atoms with Crippen molar-refractivity contribution in [3.63, 3.8) is 0 Å². The second kappa shape index (κ2) is 8.07. The molecule has 3 rings (SSSR count). The van der Waals surface area contributed by atoms with E-state index in [1.807, 2.05) is 54.2 Å². The van der Waals surface area contributed by atoms with Crippen molar-refractivity contribution in [1.82, 2.24) is 19.8 Å². The first-order chi connectivity index (χ1) is 12.1. The highest BCUT2D eigenvalue weighted by Gasteiger charge is 2.28. The fourth-order valence-corrected chi connectivity index (χ4v) is 3.09. The van der Waals surface area contributed by atoms with Gasteiger partial charge < -0.3 is 14.5 Å². The van der Waals surface area contributed by atoms with Gasteiger partial charge in [0, 0.05) is 31.4 Å². The van der Waals surface area contributed by atoms with Crippen molar-refractivity contribution in [2.24, 2.45) is 0 Å². The Labute approximate surface area is 148 Å². The minimum atomic E-state index is 0.146. The van der Waals surface area contributed by atoms with E-state index in [4.69, 9.17) is 4.74 Å². The van der Waals surface area contributed by atoms with Crippen LogP contribution in [0.2, 0.25) is 0 Å². The maximum Gasteiger partial charge on any atom is 0.241 e. The number of likely N-dealkylation sites (N-methyl/N-ethyl adjacent to an activating group) is 1. The number of hydrogen-bond acceptors (Lipinski definition) is 5. The van der Waals surface area contributed by atoms with Crippen LogP contribution in [0.5, 0.6) is 11.6 Å². The van der Waals surface area contributed by atoms with Crippen LogP contribution in [0.3, 0.4) is 0 Å². The van der Waals surface area contributed by atoms with E-state index in [1.54, 1.807) is 12.4 Å². The summed E-state index contributed by atoms with van der Waals surface area (Å²) in [6.45, 7) is 1.90. The first kappa shape index (κ1) is 17.4. The number of ether oxygens (including phenoxy) is 1. The van der Waals surface area contributed by atoms with Gasteiger partial charge in [0.25, 0.3) is 0 Å². The zero-order valence-electron chi connectivity index (χ0n) is 14.8. The van der Waals surface area contributed by atoms with Gasteiger partial charge in [-0.15, -0.1) is 0 Å². The monoisotopic (exact) mass is 340 g/mol. The molecule has 1 aliphatic rings. The first-order valence-electron chi connectivity index (χ1n) is 8.60. The van der Waals surface area contributed by atoms with Gasteiger partial charge >= 0.3 is 0 Å². The summed E-state index contributed by atoms with van der Waals surface area (Å²) < 4.78 is 5.94. The van der Waals surface area contributed by atoms with Crippen molar-refractivity contribution in [3.8, 4) is 11.6 Å². The molecule has 132 valence electrons. The highest BCUT2D eigenvalue weighted by Crippen LogP contribution is 2.32. The van der Waals surface area contributed by atoms with E-state index in [0.717, 1.165) is 30.8 Å². The molecule has 1 aromatic carbocycles. The summed E-state index contributed by atoms with van der Waals surface area (Å²) in [7, 11) is 3.82. The van der Waals surface area contributed by atoms with Gasteiger partial charge in [-0.1, -0.05) is 18.2 Å². The fourth-order valence-electron chi connectivity index (χ4n) is 3.09. The minimum Gasteiger partial charge on any atom is -0.437 e. The number of piperidine rings is 1. The van der Waals surface area contributed by atoms with Crippen LogP contribution in [-0.4, -0.2) is 59.4 Å². The predicted molar refractivity (Wildman–Crippen MR) is 95.7 cm³/mol. The molecule has 1 saturated heterocycles. The number of likely N-dealkylation sites (tertiary alicyclic amines) is 1. The average molecular weight is 340 g/mol. The van der Waals surface area contributed by atoms with Crippen molar-refractivity contribution < 1.29 is 9.53 Å². The highest BCUT2D eigenvalue weighted by atomic mass is 16.5. The molecule has 1 aliphatic heterocycles. The van der Waals surface area contributed by atoms with Crippen LogP contribution in [0.15, 0.2) is 42.7 Å². The molecular weight excluding hydrogens is 316 g/mol. The van der Waals surface area contributed by atoms with E-state index in [9.17, 15) is 4.79 Å². The van der Waals surface area contributed by atoms with Gasteiger partial charge in [-0.3, -0.25) is 9.78 Å². The van der Waals surface area contributed by atoms with Crippen molar-refractivity contribution in [2.45, 2.75) is 18.8 Å². The van der Waals surface area contributed by atoms with Crippen LogP contribution in [0, 0.1) is 0 Å². The molecule has 6 heteroatoms. The van der Waals surface area contributed by atoms with Gasteiger partial charge in [0.05, 0.1) is 6.54 Å². The number of rotatable bonds is 5. The quantitative estimate of drug-likeness (QED) is 0.837. The maximum absolute atomic E-state index is 12.4. The molecule has 0 radical (unpaired) electrons. The summed E-state index contributed by atoms with van der Waals surface area (Å²) in [5.41, 5.74) is 0.828. The van der Waals surface area contributed by atoms with Gasteiger partial charge in [-0.2, -0.15) is 0 Å². The van der Waals surface area contributed by atoms with Gasteiger partial charge in [0.2, 0.25) is 11.8 Å². The Hall–Kier alpha value is -2.47. The molecule has 1 aromatic heterocycles. The second-order valence-corrected chi connectivity index (χ2v) is 6.58. The summed E-state index contributed by atoms with van der Waals surface area (Å²) in [4.78, 5) is 25.1. The molecule has 0 bridgehead atoms. The minimum absolute atomic E-state index is 0.146. The van der Waals surface area contributed by atoms with Gasteiger partial charge in [-0.25, -0.2) is 4.98 Å². The molecule has 6 nitrogen and oxygen atoms in total. The van der Waals surface area contributed by atoms with Crippen LogP contribution in [0.1, 0.15) is 24.5 Å². The molecule has 0 saturated carbocycles. The third kappa shape index (κ3) is 4.54. The molecule has 1 unspecified atom stereocenters. The standard InChI is InChI=1S/C19H24N4O2/c1-22(2)14-17(24)23-12-6-7-15(13-23)18-19(21-11-10-20-18)25-16-8-4-3-5-9-16/h3-5,8-11,15H,6-7,12-14H2,1-2H3. The molecule has 2 aromatic rings. The molecule has 1 fully saturated rings. The zero-order chi connectivity index (χ0) is 17.6. The van der Waals surface area contributed by atoms with Crippen LogP contribution < -0.4 is 4.74 Å². The lowest BCUT2D eigenvalue weighted by Gasteiger charge is -2.33. The molecular formula is C19H24N4O2. The largest absolute Gasteiger partial charge is 0.437 e. The molecule has 2 heterocycles. The Bertz CT molecular complexity index is 706. The number of carbonyl (C=O) groups is 1. The number of hydrogen-bond donors (Lipinski definition) is 0. The topological polar surface area (TPSA) is 58.6 Å². The highest BCUT2D eigenvalue weighted by molar-refractivity contribution is 5.78. The summed E-state index contributed by atoms with van der Waals surface area (Å²) in [5.74, 6) is 1.57. The fraction of sp³-hybridized carbons (Fsp3) is 0.421. The van der Waals surface area contributed by atoms with Crippen LogP contribution >= 0.6 is 0 Å². The summed E-state index contributed by atoms with van der Waals surface area (Å²) in [6.07, 6.45) is 5.27. The third-order valence-corrected chi connectivity index (χ3v) is 4.26. The number of carbonyl (C=O) groups excluding carboxylic acids is 1. The first-order valence-corrected chi connectivity index (χ1v) is 8.60. The molecule has 25 heavy (non-hydrogen) atoms. The Morgan fingerprint density at radius 3 is 2.76 bits per heavy atom. The molecule has 1 atom stereocenters. The van der Waals surface area contributed by atoms with Crippen LogP contribution in [0.4, 0.5) is 0 Å².